The lowest BCUT2D eigenvalue weighted by molar-refractivity contribution is -0.140. The SMILES string of the molecule is COC(=O)CCc1cccc(-c2ccc(-c3ccccc3)cc2)c1. The Morgan fingerprint density at radius 1 is 0.750 bits per heavy atom. The Bertz CT molecular complexity index is 805. The topological polar surface area (TPSA) is 26.3 Å². The van der Waals surface area contributed by atoms with E-state index in [9.17, 15) is 4.79 Å². The van der Waals surface area contributed by atoms with Crippen LogP contribution in [-0.2, 0) is 16.0 Å². The van der Waals surface area contributed by atoms with Crippen LogP contribution in [0.15, 0.2) is 78.9 Å². The van der Waals surface area contributed by atoms with Gasteiger partial charge in [-0.1, -0.05) is 78.9 Å². The van der Waals surface area contributed by atoms with Gasteiger partial charge in [0, 0.05) is 6.42 Å². The largest absolute Gasteiger partial charge is 0.469 e. The van der Waals surface area contributed by atoms with Crippen molar-refractivity contribution in [2.24, 2.45) is 0 Å². The normalized spacial score (nSPS) is 10.4. The van der Waals surface area contributed by atoms with Crippen molar-refractivity contribution in [3.05, 3.63) is 84.4 Å². The molecule has 2 nitrogen and oxygen atoms in total. The van der Waals surface area contributed by atoms with Gasteiger partial charge < -0.3 is 4.74 Å². The number of ether oxygens (including phenoxy) is 1. The fraction of sp³-hybridized carbons (Fsp3) is 0.136. The number of aryl methyl sites for hydroxylation is 1. The summed E-state index contributed by atoms with van der Waals surface area (Å²) < 4.78 is 4.70. The average molecular weight is 316 g/mol. The van der Waals surface area contributed by atoms with Gasteiger partial charge in [-0.3, -0.25) is 4.79 Å². The van der Waals surface area contributed by atoms with Gasteiger partial charge in [0.05, 0.1) is 7.11 Å². The van der Waals surface area contributed by atoms with Crippen LogP contribution < -0.4 is 0 Å². The van der Waals surface area contributed by atoms with Crippen LogP contribution in [0.5, 0.6) is 0 Å². The molecule has 0 N–H and O–H groups in total. The molecule has 3 aromatic carbocycles. The molecule has 0 saturated heterocycles. The number of hydrogen-bond donors (Lipinski definition) is 0. The molecule has 0 bridgehead atoms. The zero-order valence-electron chi connectivity index (χ0n) is 13.7. The first-order chi connectivity index (χ1) is 11.8. The van der Waals surface area contributed by atoms with Gasteiger partial charge >= 0.3 is 5.97 Å². The zero-order valence-corrected chi connectivity index (χ0v) is 13.7. The highest BCUT2D eigenvalue weighted by molar-refractivity contribution is 5.71. The molecule has 0 radical (unpaired) electrons. The minimum atomic E-state index is -0.174. The third-order valence-electron chi connectivity index (χ3n) is 4.10. The average Bonchev–Trinajstić information content (AvgIpc) is 2.67. The molecule has 0 aliphatic rings. The van der Waals surface area contributed by atoms with Crippen molar-refractivity contribution in [1.82, 2.24) is 0 Å². The van der Waals surface area contributed by atoms with Crippen LogP contribution in [0.25, 0.3) is 22.3 Å². The third kappa shape index (κ3) is 3.90. The van der Waals surface area contributed by atoms with Gasteiger partial charge in [0.2, 0.25) is 0 Å². The first-order valence-electron chi connectivity index (χ1n) is 8.08. The van der Waals surface area contributed by atoms with Crippen LogP contribution in [0.1, 0.15) is 12.0 Å². The number of methoxy groups -OCH3 is 1. The second-order valence-electron chi connectivity index (χ2n) is 5.72. The van der Waals surface area contributed by atoms with Crippen LogP contribution in [0.2, 0.25) is 0 Å². The highest BCUT2D eigenvalue weighted by Gasteiger charge is 2.04. The van der Waals surface area contributed by atoms with Crippen molar-refractivity contribution >= 4 is 5.97 Å². The van der Waals surface area contributed by atoms with E-state index in [0.29, 0.717) is 12.8 Å². The number of benzene rings is 3. The molecule has 0 aromatic heterocycles. The highest BCUT2D eigenvalue weighted by atomic mass is 16.5. The highest BCUT2D eigenvalue weighted by Crippen LogP contribution is 2.25. The number of esters is 1. The number of carbonyl (C=O) groups excluding carboxylic acids is 1. The predicted octanol–water partition coefficient (Wildman–Crippen LogP) is 5.13. The molecule has 3 aromatic rings. The molecule has 0 amide bonds. The molecule has 0 saturated carbocycles. The van der Waals surface area contributed by atoms with E-state index < -0.39 is 0 Å². The van der Waals surface area contributed by atoms with E-state index in [0.717, 1.165) is 11.1 Å². The molecule has 0 aliphatic carbocycles. The minimum Gasteiger partial charge on any atom is -0.469 e. The van der Waals surface area contributed by atoms with E-state index in [-0.39, 0.29) is 5.97 Å². The van der Waals surface area contributed by atoms with Crippen LogP contribution in [-0.4, -0.2) is 13.1 Å². The Morgan fingerprint density at radius 2 is 1.33 bits per heavy atom. The third-order valence-corrected chi connectivity index (χ3v) is 4.10. The maximum absolute atomic E-state index is 11.3. The van der Waals surface area contributed by atoms with Crippen molar-refractivity contribution < 1.29 is 9.53 Å². The summed E-state index contributed by atoms with van der Waals surface area (Å²) >= 11 is 0. The Hall–Kier alpha value is -2.87. The van der Waals surface area contributed by atoms with Gasteiger partial charge in [0.25, 0.3) is 0 Å². The monoisotopic (exact) mass is 316 g/mol. The summed E-state index contributed by atoms with van der Waals surface area (Å²) in [5.74, 6) is -0.174. The first kappa shape index (κ1) is 16.0. The molecule has 0 heterocycles. The molecule has 3 rings (SSSR count). The zero-order chi connectivity index (χ0) is 16.8. The van der Waals surface area contributed by atoms with Gasteiger partial charge in [0.15, 0.2) is 0 Å². The quantitative estimate of drug-likeness (QED) is 0.610. The number of hydrogen-bond acceptors (Lipinski definition) is 2. The smallest absolute Gasteiger partial charge is 0.305 e. The van der Waals surface area contributed by atoms with Crippen LogP contribution in [0.4, 0.5) is 0 Å². The van der Waals surface area contributed by atoms with E-state index in [1.807, 2.05) is 30.3 Å². The lowest BCUT2D eigenvalue weighted by atomic mass is 9.98. The number of rotatable bonds is 5. The summed E-state index contributed by atoms with van der Waals surface area (Å²) in [5.41, 5.74) is 5.91. The Labute approximate surface area is 142 Å². The van der Waals surface area contributed by atoms with E-state index >= 15 is 0 Å². The van der Waals surface area contributed by atoms with Crippen molar-refractivity contribution in [3.63, 3.8) is 0 Å². The molecule has 0 aliphatic heterocycles. The van der Waals surface area contributed by atoms with E-state index in [1.54, 1.807) is 0 Å². The van der Waals surface area contributed by atoms with Crippen LogP contribution in [0, 0.1) is 0 Å². The summed E-state index contributed by atoms with van der Waals surface area (Å²) in [4.78, 5) is 11.3. The van der Waals surface area contributed by atoms with Crippen LogP contribution in [0.3, 0.4) is 0 Å². The molecule has 24 heavy (non-hydrogen) atoms. The lowest BCUT2D eigenvalue weighted by Gasteiger charge is -2.07. The molecular weight excluding hydrogens is 296 g/mol. The predicted molar refractivity (Wildman–Crippen MR) is 97.7 cm³/mol. The Kier molecular flexibility index (Phi) is 5.07. The van der Waals surface area contributed by atoms with Crippen molar-refractivity contribution in [1.29, 1.82) is 0 Å². The summed E-state index contributed by atoms with van der Waals surface area (Å²) in [5, 5.41) is 0. The fourth-order valence-electron chi connectivity index (χ4n) is 2.74. The maximum Gasteiger partial charge on any atom is 0.305 e. The van der Waals surface area contributed by atoms with Crippen LogP contribution >= 0.6 is 0 Å². The summed E-state index contributed by atoms with van der Waals surface area (Å²) in [6.45, 7) is 0. The van der Waals surface area contributed by atoms with Gasteiger partial charge in [-0.05, 0) is 34.2 Å². The van der Waals surface area contributed by atoms with Gasteiger partial charge in [-0.15, -0.1) is 0 Å². The van der Waals surface area contributed by atoms with E-state index in [4.69, 9.17) is 4.74 Å². The Morgan fingerprint density at radius 3 is 2.00 bits per heavy atom. The molecular formula is C22H20O2. The van der Waals surface area contributed by atoms with E-state index in [1.165, 1.54) is 23.8 Å². The summed E-state index contributed by atoms with van der Waals surface area (Å²) in [6.07, 6.45) is 1.11. The molecule has 120 valence electrons. The standard InChI is InChI=1S/C22H20O2/c1-24-22(23)15-10-17-6-5-9-21(16-17)20-13-11-19(12-14-20)18-7-3-2-4-8-18/h2-9,11-14,16H,10,15H2,1H3. The van der Waals surface area contributed by atoms with Gasteiger partial charge in [0.1, 0.15) is 0 Å². The second-order valence-corrected chi connectivity index (χ2v) is 5.72. The van der Waals surface area contributed by atoms with Crippen molar-refractivity contribution in [2.45, 2.75) is 12.8 Å². The minimum absolute atomic E-state index is 0.174. The number of carbonyl (C=O) groups is 1. The molecule has 0 spiro atoms. The van der Waals surface area contributed by atoms with E-state index in [2.05, 4.69) is 48.5 Å². The lowest BCUT2D eigenvalue weighted by Crippen LogP contribution is -2.01. The first-order valence-corrected chi connectivity index (χ1v) is 8.08. The molecule has 2 heteroatoms. The summed E-state index contributed by atoms with van der Waals surface area (Å²) in [7, 11) is 1.42. The van der Waals surface area contributed by atoms with Crippen molar-refractivity contribution in [2.75, 3.05) is 7.11 Å². The molecule has 0 fully saturated rings. The second kappa shape index (κ2) is 7.60. The summed E-state index contributed by atoms with van der Waals surface area (Å²) in [6, 6.07) is 27.2. The van der Waals surface area contributed by atoms with Gasteiger partial charge in [-0.25, -0.2) is 0 Å². The molecule has 0 atom stereocenters. The van der Waals surface area contributed by atoms with Crippen molar-refractivity contribution in [3.8, 4) is 22.3 Å². The maximum atomic E-state index is 11.3. The van der Waals surface area contributed by atoms with Gasteiger partial charge in [-0.2, -0.15) is 0 Å². The molecule has 0 unspecified atom stereocenters. The Balaban J connectivity index is 1.78. The fourth-order valence-corrected chi connectivity index (χ4v) is 2.74.